The summed E-state index contributed by atoms with van der Waals surface area (Å²) in [6.45, 7) is 3.25. The lowest BCUT2D eigenvalue weighted by atomic mass is 9.88. The molecule has 7 heteroatoms. The van der Waals surface area contributed by atoms with Crippen LogP contribution >= 0.6 is 0 Å². The van der Waals surface area contributed by atoms with Crippen LogP contribution in [0, 0.1) is 5.92 Å². The Morgan fingerprint density at radius 1 is 1.17 bits per heavy atom. The van der Waals surface area contributed by atoms with E-state index in [1.807, 2.05) is 24.3 Å². The van der Waals surface area contributed by atoms with E-state index in [1.54, 1.807) is 25.1 Å². The van der Waals surface area contributed by atoms with Crippen LogP contribution in [0.1, 0.15) is 30.1 Å². The number of anilines is 2. The number of Topliss-reactive ketones (excluding diaryl/α,β-unsaturated/α-hetero) is 1. The van der Waals surface area contributed by atoms with Crippen LogP contribution in [0.2, 0.25) is 0 Å². The SMILES string of the molecule is CC1Oc2ccc(C(=O)C3CCN(c4nc5ccccc5[nH]4)CC3)cc2NC1=O. The second-order valence-electron chi connectivity index (χ2n) is 7.66. The minimum atomic E-state index is -0.522. The van der Waals surface area contributed by atoms with Crippen LogP contribution in [0.3, 0.4) is 0 Å². The summed E-state index contributed by atoms with van der Waals surface area (Å²) in [7, 11) is 0. The highest BCUT2D eigenvalue weighted by atomic mass is 16.5. The monoisotopic (exact) mass is 390 g/mol. The van der Waals surface area contributed by atoms with Crippen molar-refractivity contribution in [3.8, 4) is 5.75 Å². The number of aromatic nitrogens is 2. The van der Waals surface area contributed by atoms with Crippen LogP contribution in [0.15, 0.2) is 42.5 Å². The van der Waals surface area contributed by atoms with Gasteiger partial charge in [0, 0.05) is 24.6 Å². The molecule has 29 heavy (non-hydrogen) atoms. The summed E-state index contributed by atoms with van der Waals surface area (Å²) >= 11 is 0. The van der Waals surface area contributed by atoms with Crippen LogP contribution in [-0.2, 0) is 4.79 Å². The first-order valence-corrected chi connectivity index (χ1v) is 9.94. The van der Waals surface area contributed by atoms with E-state index in [2.05, 4.69) is 20.2 Å². The highest BCUT2D eigenvalue weighted by Crippen LogP contribution is 2.32. The third-order valence-corrected chi connectivity index (χ3v) is 5.74. The molecule has 1 unspecified atom stereocenters. The molecule has 1 aromatic heterocycles. The maximum Gasteiger partial charge on any atom is 0.265 e. The molecule has 148 valence electrons. The van der Waals surface area contributed by atoms with E-state index in [0.717, 1.165) is 42.9 Å². The number of hydrogen-bond donors (Lipinski definition) is 2. The van der Waals surface area contributed by atoms with Crippen molar-refractivity contribution in [1.82, 2.24) is 9.97 Å². The third kappa shape index (κ3) is 3.22. The van der Waals surface area contributed by atoms with Crippen molar-refractivity contribution in [2.75, 3.05) is 23.3 Å². The molecule has 0 bridgehead atoms. The quantitative estimate of drug-likeness (QED) is 0.670. The zero-order valence-corrected chi connectivity index (χ0v) is 16.1. The number of amides is 1. The van der Waals surface area contributed by atoms with E-state index in [-0.39, 0.29) is 17.6 Å². The van der Waals surface area contributed by atoms with Gasteiger partial charge < -0.3 is 19.9 Å². The second kappa shape index (κ2) is 6.92. The summed E-state index contributed by atoms with van der Waals surface area (Å²) in [5, 5.41) is 2.81. The molecule has 0 aliphatic carbocycles. The highest BCUT2D eigenvalue weighted by Gasteiger charge is 2.29. The zero-order valence-electron chi connectivity index (χ0n) is 16.1. The van der Waals surface area contributed by atoms with Crippen LogP contribution in [0.25, 0.3) is 11.0 Å². The Morgan fingerprint density at radius 2 is 1.97 bits per heavy atom. The number of piperidine rings is 1. The molecule has 7 nitrogen and oxygen atoms in total. The van der Waals surface area contributed by atoms with Gasteiger partial charge in [0.05, 0.1) is 16.7 Å². The lowest BCUT2D eigenvalue weighted by Crippen LogP contribution is -2.37. The molecule has 5 rings (SSSR count). The Hall–Kier alpha value is -3.35. The fourth-order valence-corrected chi connectivity index (χ4v) is 4.04. The number of carbonyl (C=O) groups is 2. The molecule has 0 radical (unpaired) electrons. The standard InChI is InChI=1S/C22H22N4O3/c1-13-21(28)23-18-12-15(6-7-19(18)29-13)20(27)14-8-10-26(11-9-14)22-24-16-4-2-3-5-17(16)25-22/h2-7,12-14H,8-11H2,1H3,(H,23,28)(H,24,25). The molecule has 1 fully saturated rings. The minimum absolute atomic E-state index is 0.0344. The molecule has 2 aliphatic rings. The fourth-order valence-electron chi connectivity index (χ4n) is 4.04. The number of fused-ring (bicyclic) bond motifs is 2. The number of ketones is 1. The van der Waals surface area contributed by atoms with Gasteiger partial charge >= 0.3 is 0 Å². The minimum Gasteiger partial charge on any atom is -0.479 e. The number of ether oxygens (including phenoxy) is 1. The number of nitrogens with one attached hydrogen (secondary N) is 2. The topological polar surface area (TPSA) is 87.3 Å². The fraction of sp³-hybridized carbons (Fsp3) is 0.318. The smallest absolute Gasteiger partial charge is 0.265 e. The van der Waals surface area contributed by atoms with E-state index >= 15 is 0 Å². The summed E-state index contributed by atoms with van der Waals surface area (Å²) in [5.41, 5.74) is 3.16. The highest BCUT2D eigenvalue weighted by molar-refractivity contribution is 6.02. The van der Waals surface area contributed by atoms with Gasteiger partial charge in [-0.3, -0.25) is 9.59 Å². The Balaban J connectivity index is 1.28. The molecule has 2 aliphatic heterocycles. The van der Waals surface area contributed by atoms with Crippen molar-refractivity contribution in [2.24, 2.45) is 5.92 Å². The lowest BCUT2D eigenvalue weighted by molar-refractivity contribution is -0.122. The molecular weight excluding hydrogens is 368 g/mol. The third-order valence-electron chi connectivity index (χ3n) is 5.74. The second-order valence-corrected chi connectivity index (χ2v) is 7.66. The summed E-state index contributed by atoms with van der Waals surface area (Å²) in [5.74, 6) is 1.35. The van der Waals surface area contributed by atoms with Gasteiger partial charge in [-0.2, -0.15) is 0 Å². The van der Waals surface area contributed by atoms with Crippen molar-refractivity contribution in [3.05, 3.63) is 48.0 Å². The van der Waals surface area contributed by atoms with E-state index in [0.29, 0.717) is 17.0 Å². The number of para-hydroxylation sites is 2. The average molecular weight is 390 g/mol. The van der Waals surface area contributed by atoms with Gasteiger partial charge in [-0.15, -0.1) is 0 Å². The molecule has 2 aromatic carbocycles. The maximum atomic E-state index is 13.0. The van der Waals surface area contributed by atoms with Gasteiger partial charge in [0.1, 0.15) is 5.75 Å². The Morgan fingerprint density at radius 3 is 2.76 bits per heavy atom. The van der Waals surface area contributed by atoms with Crippen LogP contribution in [-0.4, -0.2) is 40.9 Å². The first kappa shape index (κ1) is 17.7. The van der Waals surface area contributed by atoms with Crippen molar-refractivity contribution in [1.29, 1.82) is 0 Å². The molecule has 1 atom stereocenters. The number of aromatic amines is 1. The first-order valence-electron chi connectivity index (χ1n) is 9.94. The van der Waals surface area contributed by atoms with Gasteiger partial charge in [-0.05, 0) is 50.1 Å². The van der Waals surface area contributed by atoms with E-state index < -0.39 is 6.10 Å². The van der Waals surface area contributed by atoms with E-state index in [4.69, 9.17) is 4.74 Å². The number of rotatable bonds is 3. The molecule has 0 saturated carbocycles. The molecule has 3 aromatic rings. The predicted molar refractivity (Wildman–Crippen MR) is 111 cm³/mol. The molecule has 0 spiro atoms. The summed E-state index contributed by atoms with van der Waals surface area (Å²) in [6.07, 6.45) is 1.02. The summed E-state index contributed by atoms with van der Waals surface area (Å²) < 4.78 is 5.57. The Labute approximate surface area is 168 Å². The predicted octanol–water partition coefficient (Wildman–Crippen LogP) is 3.38. The average Bonchev–Trinajstić information content (AvgIpc) is 3.18. The number of carbonyl (C=O) groups excluding carboxylic acids is 2. The zero-order chi connectivity index (χ0) is 20.0. The number of H-pyrrole nitrogens is 1. The first-order chi connectivity index (χ1) is 14.1. The molecule has 1 saturated heterocycles. The van der Waals surface area contributed by atoms with Gasteiger partial charge in [0.25, 0.3) is 5.91 Å². The van der Waals surface area contributed by atoms with E-state index in [9.17, 15) is 9.59 Å². The van der Waals surface area contributed by atoms with Crippen LogP contribution in [0.4, 0.5) is 11.6 Å². The van der Waals surface area contributed by atoms with Gasteiger partial charge in [0.15, 0.2) is 11.9 Å². The van der Waals surface area contributed by atoms with Crippen molar-refractivity contribution in [3.63, 3.8) is 0 Å². The Bertz CT molecular complexity index is 1070. The van der Waals surface area contributed by atoms with Gasteiger partial charge in [0.2, 0.25) is 5.95 Å². The summed E-state index contributed by atoms with van der Waals surface area (Å²) in [6, 6.07) is 13.3. The number of hydrogen-bond acceptors (Lipinski definition) is 5. The van der Waals surface area contributed by atoms with Crippen molar-refractivity contribution in [2.45, 2.75) is 25.9 Å². The van der Waals surface area contributed by atoms with Crippen LogP contribution < -0.4 is 15.0 Å². The molecule has 2 N–H and O–H groups in total. The van der Waals surface area contributed by atoms with Gasteiger partial charge in [-0.25, -0.2) is 4.98 Å². The Kier molecular flexibility index (Phi) is 4.23. The molecule has 3 heterocycles. The number of nitrogens with zero attached hydrogens (tertiary/aromatic N) is 2. The maximum absolute atomic E-state index is 13.0. The van der Waals surface area contributed by atoms with Gasteiger partial charge in [-0.1, -0.05) is 12.1 Å². The van der Waals surface area contributed by atoms with Crippen molar-refractivity contribution < 1.29 is 14.3 Å². The largest absolute Gasteiger partial charge is 0.479 e. The number of imidazole rings is 1. The van der Waals surface area contributed by atoms with Crippen molar-refractivity contribution >= 4 is 34.4 Å². The van der Waals surface area contributed by atoms with E-state index in [1.165, 1.54) is 0 Å². The summed E-state index contributed by atoms with van der Waals surface area (Å²) in [4.78, 5) is 35.1. The lowest BCUT2D eigenvalue weighted by Gasteiger charge is -2.31. The van der Waals surface area contributed by atoms with Crippen LogP contribution in [0.5, 0.6) is 5.75 Å². The molecule has 1 amide bonds. The normalized spacial score (nSPS) is 19.6. The number of benzene rings is 2. The molecular formula is C22H22N4O3.